The lowest BCUT2D eigenvalue weighted by Gasteiger charge is -2.15. The van der Waals surface area contributed by atoms with Crippen LogP contribution < -0.4 is 20.5 Å². The summed E-state index contributed by atoms with van der Waals surface area (Å²) in [5.41, 5.74) is 7.01. The minimum absolute atomic E-state index is 0.291. The van der Waals surface area contributed by atoms with Crippen molar-refractivity contribution < 1.29 is 9.47 Å². The first-order valence-electron chi connectivity index (χ1n) is 7.99. The molecule has 5 nitrogen and oxygen atoms in total. The van der Waals surface area contributed by atoms with Gasteiger partial charge in [-0.3, -0.25) is 0 Å². The smallest absolute Gasteiger partial charge is 0.231 e. The van der Waals surface area contributed by atoms with E-state index >= 15 is 0 Å². The molecule has 0 aromatic heterocycles. The van der Waals surface area contributed by atoms with Crippen molar-refractivity contribution in [1.82, 2.24) is 5.32 Å². The molecular formula is C17H27N3O2. The van der Waals surface area contributed by atoms with Crippen molar-refractivity contribution in [3.63, 3.8) is 0 Å². The number of aliphatic imine (C=N–C) groups is 1. The van der Waals surface area contributed by atoms with Crippen LogP contribution in [0.4, 0.5) is 0 Å². The van der Waals surface area contributed by atoms with E-state index in [0.29, 0.717) is 25.3 Å². The third-order valence-corrected chi connectivity index (χ3v) is 3.68. The molecule has 1 atom stereocenters. The second-order valence-corrected chi connectivity index (χ2v) is 6.26. The Morgan fingerprint density at radius 1 is 1.23 bits per heavy atom. The van der Waals surface area contributed by atoms with E-state index in [1.807, 2.05) is 18.2 Å². The average Bonchev–Trinajstić information content (AvgIpc) is 2.92. The Bertz CT molecular complexity index is 515. The first kappa shape index (κ1) is 16.5. The van der Waals surface area contributed by atoms with E-state index < -0.39 is 0 Å². The maximum Gasteiger partial charge on any atom is 0.231 e. The molecule has 1 aromatic carbocycles. The molecule has 22 heavy (non-hydrogen) atoms. The van der Waals surface area contributed by atoms with Crippen LogP contribution in [0, 0.1) is 5.92 Å². The Labute approximate surface area is 132 Å². The van der Waals surface area contributed by atoms with Gasteiger partial charge in [-0.2, -0.15) is 0 Å². The van der Waals surface area contributed by atoms with Crippen LogP contribution in [-0.4, -0.2) is 18.8 Å². The number of benzene rings is 1. The number of nitrogens with two attached hydrogens (primary N) is 1. The van der Waals surface area contributed by atoms with Crippen LogP contribution in [0.15, 0.2) is 23.2 Å². The van der Waals surface area contributed by atoms with E-state index in [0.717, 1.165) is 29.4 Å². The number of fused-ring (bicyclic) bond motifs is 1. The van der Waals surface area contributed by atoms with E-state index in [-0.39, 0.29) is 0 Å². The third kappa shape index (κ3) is 5.13. The van der Waals surface area contributed by atoms with Gasteiger partial charge in [-0.25, -0.2) is 4.99 Å². The number of ether oxygens (including phenoxy) is 2. The summed E-state index contributed by atoms with van der Waals surface area (Å²) in [4.78, 5) is 4.39. The fourth-order valence-electron chi connectivity index (χ4n) is 2.42. The molecule has 0 spiro atoms. The predicted octanol–water partition coefficient (Wildman–Crippen LogP) is 3.03. The van der Waals surface area contributed by atoms with E-state index in [1.54, 1.807) is 0 Å². The van der Waals surface area contributed by atoms with E-state index in [2.05, 4.69) is 31.1 Å². The molecule has 1 aliphatic rings. The zero-order valence-electron chi connectivity index (χ0n) is 13.8. The number of nitrogens with zero attached hydrogens (tertiary/aromatic N) is 1. The molecule has 0 aliphatic carbocycles. The van der Waals surface area contributed by atoms with Crippen molar-refractivity contribution >= 4 is 5.96 Å². The highest BCUT2D eigenvalue weighted by atomic mass is 16.7. The summed E-state index contributed by atoms with van der Waals surface area (Å²) < 4.78 is 10.6. The normalized spacial score (nSPS) is 15.2. The van der Waals surface area contributed by atoms with Crippen molar-refractivity contribution in [1.29, 1.82) is 0 Å². The zero-order valence-corrected chi connectivity index (χ0v) is 13.8. The topological polar surface area (TPSA) is 68.9 Å². The molecule has 3 N–H and O–H groups in total. The molecule has 1 aliphatic heterocycles. The van der Waals surface area contributed by atoms with Crippen molar-refractivity contribution in [3.8, 4) is 11.5 Å². The molecule has 0 amide bonds. The molecule has 1 aromatic rings. The standard InChI is InChI=1S/C17H27N3O2/c1-12(2)5-4-6-13(3)20-17(18)19-10-14-7-8-15-16(9-14)22-11-21-15/h7-9,12-13H,4-6,10-11H2,1-3H3,(H3,18,19,20). The van der Waals surface area contributed by atoms with Crippen LogP contribution in [0.3, 0.4) is 0 Å². The van der Waals surface area contributed by atoms with E-state index in [4.69, 9.17) is 15.2 Å². The van der Waals surface area contributed by atoms with Gasteiger partial charge < -0.3 is 20.5 Å². The lowest BCUT2D eigenvalue weighted by molar-refractivity contribution is 0.174. The van der Waals surface area contributed by atoms with Gasteiger partial charge in [-0.05, 0) is 37.0 Å². The Morgan fingerprint density at radius 2 is 2.00 bits per heavy atom. The molecule has 0 fully saturated rings. The maximum absolute atomic E-state index is 5.95. The molecule has 1 unspecified atom stereocenters. The van der Waals surface area contributed by atoms with Crippen LogP contribution in [0.1, 0.15) is 45.6 Å². The number of hydrogen-bond acceptors (Lipinski definition) is 3. The second kappa shape index (κ2) is 7.92. The minimum atomic E-state index is 0.291. The van der Waals surface area contributed by atoms with Gasteiger partial charge in [0.2, 0.25) is 6.79 Å². The van der Waals surface area contributed by atoms with E-state index in [1.165, 1.54) is 12.8 Å². The average molecular weight is 305 g/mol. The Morgan fingerprint density at radius 3 is 2.77 bits per heavy atom. The molecule has 122 valence electrons. The molecule has 1 heterocycles. The van der Waals surface area contributed by atoms with Crippen molar-refractivity contribution in [2.24, 2.45) is 16.6 Å². The van der Waals surface area contributed by atoms with E-state index in [9.17, 15) is 0 Å². The van der Waals surface area contributed by atoms with Gasteiger partial charge >= 0.3 is 0 Å². The Hall–Kier alpha value is -1.91. The largest absolute Gasteiger partial charge is 0.454 e. The Balaban J connectivity index is 1.77. The summed E-state index contributed by atoms with van der Waals surface area (Å²) in [6.45, 7) is 7.47. The van der Waals surface area contributed by atoms with Crippen LogP contribution in [0.5, 0.6) is 11.5 Å². The summed E-state index contributed by atoms with van der Waals surface area (Å²) in [6.07, 6.45) is 3.57. The number of rotatable bonds is 7. The number of guanidine groups is 1. The zero-order chi connectivity index (χ0) is 15.9. The van der Waals surface area contributed by atoms with Gasteiger partial charge in [0.1, 0.15) is 0 Å². The first-order valence-corrected chi connectivity index (χ1v) is 7.99. The summed E-state index contributed by atoms with van der Waals surface area (Å²) in [7, 11) is 0. The lowest BCUT2D eigenvalue weighted by atomic mass is 10.0. The predicted molar refractivity (Wildman–Crippen MR) is 89.2 cm³/mol. The van der Waals surface area contributed by atoms with Crippen LogP contribution in [0.2, 0.25) is 0 Å². The lowest BCUT2D eigenvalue weighted by Crippen LogP contribution is -2.38. The number of hydrogen-bond donors (Lipinski definition) is 2. The van der Waals surface area contributed by atoms with Gasteiger partial charge in [0.05, 0.1) is 6.54 Å². The minimum Gasteiger partial charge on any atom is -0.454 e. The maximum atomic E-state index is 5.95. The SMILES string of the molecule is CC(C)CCCC(C)NC(N)=NCc1ccc2c(c1)OCO2. The summed E-state index contributed by atoms with van der Waals surface area (Å²) in [5.74, 6) is 2.82. The van der Waals surface area contributed by atoms with Gasteiger partial charge in [-0.15, -0.1) is 0 Å². The van der Waals surface area contributed by atoms with Gasteiger partial charge in [0, 0.05) is 6.04 Å². The summed E-state index contributed by atoms with van der Waals surface area (Å²) in [6, 6.07) is 6.19. The Kier molecular flexibility index (Phi) is 5.92. The molecule has 0 saturated carbocycles. The van der Waals surface area contributed by atoms with Crippen LogP contribution >= 0.6 is 0 Å². The van der Waals surface area contributed by atoms with Gasteiger partial charge in [-0.1, -0.05) is 32.8 Å². The van der Waals surface area contributed by atoms with Gasteiger partial charge in [0.25, 0.3) is 0 Å². The van der Waals surface area contributed by atoms with Crippen molar-refractivity contribution in [3.05, 3.63) is 23.8 Å². The second-order valence-electron chi connectivity index (χ2n) is 6.26. The molecular weight excluding hydrogens is 278 g/mol. The summed E-state index contributed by atoms with van der Waals surface area (Å²) >= 11 is 0. The van der Waals surface area contributed by atoms with Gasteiger partial charge in [0.15, 0.2) is 17.5 Å². The summed E-state index contributed by atoms with van der Waals surface area (Å²) in [5, 5.41) is 3.25. The fraction of sp³-hybridized carbons (Fsp3) is 0.588. The van der Waals surface area contributed by atoms with Crippen molar-refractivity contribution in [2.75, 3.05) is 6.79 Å². The highest BCUT2D eigenvalue weighted by Gasteiger charge is 2.12. The molecule has 0 bridgehead atoms. The fourth-order valence-corrected chi connectivity index (χ4v) is 2.42. The third-order valence-electron chi connectivity index (χ3n) is 3.68. The molecule has 0 radical (unpaired) electrons. The monoisotopic (exact) mass is 305 g/mol. The highest BCUT2D eigenvalue weighted by molar-refractivity contribution is 5.78. The quantitative estimate of drug-likeness (QED) is 0.600. The first-order chi connectivity index (χ1) is 10.5. The molecule has 2 rings (SSSR count). The number of nitrogens with one attached hydrogen (secondary N) is 1. The molecule has 0 saturated heterocycles. The van der Waals surface area contributed by atoms with Crippen LogP contribution in [0.25, 0.3) is 0 Å². The highest BCUT2D eigenvalue weighted by Crippen LogP contribution is 2.32. The van der Waals surface area contributed by atoms with Crippen molar-refractivity contribution in [2.45, 2.75) is 52.6 Å². The molecule has 5 heteroatoms. The van der Waals surface area contributed by atoms with Crippen LogP contribution in [-0.2, 0) is 6.54 Å².